The Morgan fingerprint density at radius 3 is 2.36 bits per heavy atom. The highest BCUT2D eigenvalue weighted by Crippen LogP contribution is 2.34. The predicted molar refractivity (Wildman–Crippen MR) is 132 cm³/mol. The molecule has 36 heavy (non-hydrogen) atoms. The minimum absolute atomic E-state index is 0.0570. The molecule has 0 fully saturated rings. The van der Waals surface area contributed by atoms with Crippen LogP contribution in [0.5, 0.6) is 5.75 Å². The molecule has 0 radical (unpaired) electrons. The number of aryl methyl sites for hydroxylation is 1. The lowest BCUT2D eigenvalue weighted by Gasteiger charge is -2.20. The first-order valence-corrected chi connectivity index (χ1v) is 12.7. The summed E-state index contributed by atoms with van der Waals surface area (Å²) in [6.45, 7) is 3.89. The summed E-state index contributed by atoms with van der Waals surface area (Å²) in [7, 11) is -4.19. The highest BCUT2D eigenvalue weighted by atomic mass is 35.5. The maximum atomic E-state index is 13.2. The molecule has 2 N–H and O–H groups in total. The fourth-order valence-electron chi connectivity index (χ4n) is 3.42. The number of rotatable bonds is 9. The van der Waals surface area contributed by atoms with E-state index in [9.17, 15) is 26.4 Å². The van der Waals surface area contributed by atoms with Gasteiger partial charge in [0.25, 0.3) is 0 Å². The van der Waals surface area contributed by atoms with Crippen molar-refractivity contribution in [3.63, 3.8) is 0 Å². The normalized spacial score (nSPS) is 12.7. The average molecular weight is 541 g/mol. The number of nitrogens with one attached hydrogen (secondary N) is 2. The second-order valence-electron chi connectivity index (χ2n) is 7.91. The Balaban J connectivity index is 1.92. The van der Waals surface area contributed by atoms with Crippen LogP contribution in [0.1, 0.15) is 23.6 Å². The number of ether oxygens (including phenoxy) is 1. The number of carbonyl (C=O) groups excluding carboxylic acids is 1. The topological polar surface area (TPSA) is 84.5 Å². The van der Waals surface area contributed by atoms with Gasteiger partial charge in [0, 0.05) is 0 Å². The number of hydrogen-bond acceptors (Lipinski definition) is 4. The van der Waals surface area contributed by atoms with Gasteiger partial charge in [-0.25, -0.2) is 8.42 Å². The van der Waals surface area contributed by atoms with Crippen LogP contribution >= 0.6 is 11.6 Å². The third-order valence-corrected chi connectivity index (χ3v) is 7.00. The summed E-state index contributed by atoms with van der Waals surface area (Å²) in [4.78, 5) is 13.1. The van der Waals surface area contributed by atoms with Gasteiger partial charge in [0.05, 0.1) is 27.8 Å². The molecule has 0 saturated carbocycles. The van der Waals surface area contributed by atoms with E-state index in [1.54, 1.807) is 44.2 Å². The first-order valence-electron chi connectivity index (χ1n) is 10.9. The predicted octanol–water partition coefficient (Wildman–Crippen LogP) is 5.59. The number of alkyl halides is 3. The second kappa shape index (κ2) is 11.3. The number of carbonyl (C=O) groups is 1. The number of amides is 1. The van der Waals surface area contributed by atoms with E-state index in [-0.39, 0.29) is 22.0 Å². The number of sulfonamides is 1. The molecule has 0 aromatic heterocycles. The summed E-state index contributed by atoms with van der Waals surface area (Å²) < 4.78 is 73.6. The molecule has 3 aromatic rings. The summed E-state index contributed by atoms with van der Waals surface area (Å²) in [6.07, 6.45) is -4.71. The van der Waals surface area contributed by atoms with Crippen molar-refractivity contribution in [2.24, 2.45) is 0 Å². The van der Waals surface area contributed by atoms with Crippen molar-refractivity contribution in [1.82, 2.24) is 4.72 Å². The van der Waals surface area contributed by atoms with Crippen molar-refractivity contribution in [3.05, 3.63) is 88.4 Å². The van der Waals surface area contributed by atoms with E-state index >= 15 is 0 Å². The van der Waals surface area contributed by atoms with Crippen molar-refractivity contribution >= 4 is 33.2 Å². The molecule has 11 heteroatoms. The summed E-state index contributed by atoms with van der Waals surface area (Å²) in [5.74, 6) is -0.347. The summed E-state index contributed by atoms with van der Waals surface area (Å²) in [5, 5.41) is 2.21. The summed E-state index contributed by atoms with van der Waals surface area (Å²) in [5.41, 5.74) is -0.0733. The van der Waals surface area contributed by atoms with Crippen molar-refractivity contribution in [1.29, 1.82) is 0 Å². The van der Waals surface area contributed by atoms with Crippen LogP contribution < -0.4 is 14.8 Å². The average Bonchev–Trinajstić information content (AvgIpc) is 2.81. The Hall–Kier alpha value is -3.08. The lowest BCUT2D eigenvalue weighted by molar-refractivity contribution is -0.137. The molecule has 3 aromatic carbocycles. The molecular formula is C25H24ClF3N2O4S. The highest BCUT2D eigenvalue weighted by molar-refractivity contribution is 7.89. The van der Waals surface area contributed by atoms with Gasteiger partial charge in [-0.2, -0.15) is 17.9 Å². The molecule has 0 bridgehead atoms. The van der Waals surface area contributed by atoms with E-state index < -0.39 is 33.7 Å². The first-order chi connectivity index (χ1) is 16.9. The van der Waals surface area contributed by atoms with Gasteiger partial charge in [-0.15, -0.1) is 0 Å². The lowest BCUT2D eigenvalue weighted by Crippen LogP contribution is -2.45. The fraction of sp³-hybridized carbons (Fsp3) is 0.240. The van der Waals surface area contributed by atoms with E-state index in [0.29, 0.717) is 29.5 Å². The Kier molecular flexibility index (Phi) is 8.65. The zero-order valence-corrected chi connectivity index (χ0v) is 21.0. The molecule has 0 unspecified atom stereocenters. The zero-order valence-electron chi connectivity index (χ0n) is 19.4. The van der Waals surface area contributed by atoms with Gasteiger partial charge in [0.2, 0.25) is 15.9 Å². The van der Waals surface area contributed by atoms with Crippen LogP contribution in [-0.4, -0.2) is 27.0 Å². The molecule has 0 spiro atoms. The van der Waals surface area contributed by atoms with E-state index in [1.807, 2.05) is 0 Å². The molecule has 0 aliphatic rings. The molecule has 0 saturated heterocycles. The molecule has 0 aliphatic carbocycles. The lowest BCUT2D eigenvalue weighted by atomic mass is 10.1. The van der Waals surface area contributed by atoms with E-state index in [0.717, 1.165) is 12.1 Å². The maximum Gasteiger partial charge on any atom is 0.416 e. The highest BCUT2D eigenvalue weighted by Gasteiger charge is 2.32. The largest absolute Gasteiger partial charge is 0.494 e. The van der Waals surface area contributed by atoms with Crippen LogP contribution in [0.25, 0.3) is 0 Å². The molecule has 192 valence electrons. The van der Waals surface area contributed by atoms with Crippen LogP contribution in [0, 0.1) is 6.92 Å². The van der Waals surface area contributed by atoms with Crippen LogP contribution in [0.2, 0.25) is 5.02 Å². The van der Waals surface area contributed by atoms with Gasteiger partial charge < -0.3 is 10.1 Å². The third-order valence-electron chi connectivity index (χ3n) is 5.20. The van der Waals surface area contributed by atoms with Crippen molar-refractivity contribution in [2.75, 3.05) is 11.9 Å². The number of hydrogen-bond donors (Lipinski definition) is 2. The zero-order chi connectivity index (χ0) is 26.5. The van der Waals surface area contributed by atoms with Gasteiger partial charge in [-0.1, -0.05) is 41.9 Å². The molecule has 3 rings (SSSR count). The van der Waals surface area contributed by atoms with Crippen LogP contribution in [0.15, 0.2) is 71.6 Å². The molecular weight excluding hydrogens is 517 g/mol. The maximum absolute atomic E-state index is 13.2. The minimum atomic E-state index is -4.65. The van der Waals surface area contributed by atoms with E-state index in [2.05, 4.69) is 10.0 Å². The Morgan fingerprint density at radius 1 is 1.06 bits per heavy atom. The minimum Gasteiger partial charge on any atom is -0.494 e. The number of benzene rings is 3. The van der Waals surface area contributed by atoms with Crippen LogP contribution in [0.4, 0.5) is 18.9 Å². The first kappa shape index (κ1) is 27.5. The van der Waals surface area contributed by atoms with E-state index in [1.165, 1.54) is 18.2 Å². The standard InChI is InChI=1S/C25H24ClF3N2O4S/c1-3-35-23-12-10-19(13-16(23)2)36(33,34)31-22(14-17-7-5-4-6-8-17)24(32)30-21-15-18(25(27,28)29)9-11-20(21)26/h4-13,15,22,31H,3,14H2,1-2H3,(H,30,32)/t22-/m1/s1. The van der Waals surface area contributed by atoms with Crippen LogP contribution in [-0.2, 0) is 27.4 Å². The molecule has 6 nitrogen and oxygen atoms in total. The third kappa shape index (κ3) is 6.99. The molecule has 0 heterocycles. The van der Waals surface area contributed by atoms with Gasteiger partial charge >= 0.3 is 6.18 Å². The fourth-order valence-corrected chi connectivity index (χ4v) is 4.86. The van der Waals surface area contributed by atoms with Gasteiger partial charge in [-0.3, -0.25) is 4.79 Å². The molecule has 0 aliphatic heterocycles. The summed E-state index contributed by atoms with van der Waals surface area (Å²) >= 11 is 6.01. The van der Waals surface area contributed by atoms with Crippen LogP contribution in [0.3, 0.4) is 0 Å². The SMILES string of the molecule is CCOc1ccc(S(=O)(=O)N[C@H](Cc2ccccc2)C(=O)Nc2cc(C(F)(F)F)ccc2Cl)cc1C. The molecule has 1 atom stereocenters. The van der Waals surface area contributed by atoms with E-state index in [4.69, 9.17) is 16.3 Å². The van der Waals surface area contributed by atoms with Crippen molar-refractivity contribution in [2.45, 2.75) is 37.4 Å². The number of halogens is 4. The van der Waals surface area contributed by atoms with Gasteiger partial charge in [-0.05, 0) is 67.8 Å². The monoisotopic (exact) mass is 540 g/mol. The Morgan fingerprint density at radius 2 is 1.75 bits per heavy atom. The summed E-state index contributed by atoms with van der Waals surface area (Å²) in [6, 6.07) is 14.0. The smallest absolute Gasteiger partial charge is 0.416 e. The molecule has 1 amide bonds. The quantitative estimate of drug-likeness (QED) is 0.370. The Labute approximate surface area is 212 Å². The van der Waals surface area contributed by atoms with Crippen molar-refractivity contribution < 1.29 is 31.1 Å². The van der Waals surface area contributed by atoms with Crippen molar-refractivity contribution in [3.8, 4) is 5.75 Å². The Bertz CT molecular complexity index is 1330. The second-order valence-corrected chi connectivity index (χ2v) is 10.0. The number of anilines is 1. The van der Waals surface area contributed by atoms with Gasteiger partial charge in [0.1, 0.15) is 11.8 Å². The van der Waals surface area contributed by atoms with Gasteiger partial charge in [0.15, 0.2) is 0 Å².